The van der Waals surface area contributed by atoms with Crippen LogP contribution in [0.3, 0.4) is 0 Å². The third-order valence-corrected chi connectivity index (χ3v) is 2.44. The van der Waals surface area contributed by atoms with Crippen molar-refractivity contribution in [2.45, 2.75) is 6.42 Å². The summed E-state index contributed by atoms with van der Waals surface area (Å²) >= 11 is 0. The Morgan fingerprint density at radius 2 is 1.82 bits per heavy atom. The van der Waals surface area contributed by atoms with Gasteiger partial charge in [0, 0.05) is 31.5 Å². The molecule has 0 aliphatic heterocycles. The van der Waals surface area contributed by atoms with Crippen LogP contribution < -0.4 is 5.32 Å². The van der Waals surface area contributed by atoms with Gasteiger partial charge in [-0.15, -0.1) is 0 Å². The van der Waals surface area contributed by atoms with E-state index in [0.717, 1.165) is 17.1 Å². The first-order valence-electron chi connectivity index (χ1n) is 5.29. The molecule has 0 radical (unpaired) electrons. The number of benzene rings is 1. The number of nitrogens with one attached hydrogen (secondary N) is 1. The molecular weight excluding hydrogens is 212 g/mol. The first-order valence-corrected chi connectivity index (χ1v) is 5.29. The molecule has 0 saturated carbocycles. The van der Waals surface area contributed by atoms with Crippen molar-refractivity contribution in [3.8, 4) is 6.07 Å². The second kappa shape index (κ2) is 5.08. The van der Waals surface area contributed by atoms with E-state index in [9.17, 15) is 0 Å². The van der Waals surface area contributed by atoms with Crippen LogP contribution >= 0.6 is 0 Å². The maximum atomic E-state index is 8.64. The quantitative estimate of drug-likeness (QED) is 0.866. The van der Waals surface area contributed by atoms with E-state index in [4.69, 9.17) is 5.26 Å². The maximum Gasteiger partial charge on any atom is 0.132 e. The Morgan fingerprint density at radius 1 is 1.18 bits per heavy atom. The molecule has 1 aromatic heterocycles. The zero-order valence-electron chi connectivity index (χ0n) is 9.51. The molecule has 0 spiro atoms. The van der Waals surface area contributed by atoms with Crippen LogP contribution in [0.1, 0.15) is 17.0 Å². The van der Waals surface area contributed by atoms with Crippen molar-refractivity contribution in [1.29, 1.82) is 5.26 Å². The Labute approximate surface area is 100.0 Å². The Kier molecular flexibility index (Phi) is 3.31. The summed E-state index contributed by atoms with van der Waals surface area (Å²) in [6.07, 6.45) is 3.77. The summed E-state index contributed by atoms with van der Waals surface area (Å²) in [5.41, 5.74) is 2.71. The highest BCUT2D eigenvalue weighted by atomic mass is 14.9. The molecule has 0 amide bonds. The molecule has 4 heteroatoms. The number of rotatable bonds is 3. The monoisotopic (exact) mass is 224 g/mol. The molecule has 17 heavy (non-hydrogen) atoms. The van der Waals surface area contributed by atoms with E-state index in [0.29, 0.717) is 12.0 Å². The van der Waals surface area contributed by atoms with E-state index in [1.807, 2.05) is 37.4 Å². The normalized spacial score (nSPS) is 9.65. The summed E-state index contributed by atoms with van der Waals surface area (Å²) < 4.78 is 0. The van der Waals surface area contributed by atoms with Gasteiger partial charge in [0.05, 0.1) is 5.56 Å². The van der Waals surface area contributed by atoms with Crippen LogP contribution in [-0.2, 0) is 6.42 Å². The van der Waals surface area contributed by atoms with E-state index in [2.05, 4.69) is 15.3 Å². The first kappa shape index (κ1) is 11.1. The molecule has 0 atom stereocenters. The molecule has 0 saturated heterocycles. The summed E-state index contributed by atoms with van der Waals surface area (Å²) in [4.78, 5) is 8.28. The minimum atomic E-state index is 0.485. The Hall–Kier alpha value is -2.41. The molecule has 2 aromatic rings. The summed E-state index contributed by atoms with van der Waals surface area (Å²) in [6, 6.07) is 10.1. The van der Waals surface area contributed by atoms with Gasteiger partial charge in [-0.1, -0.05) is 12.1 Å². The Balaban J connectivity index is 2.11. The van der Waals surface area contributed by atoms with Gasteiger partial charge in [-0.2, -0.15) is 5.26 Å². The smallest absolute Gasteiger partial charge is 0.132 e. The zero-order valence-corrected chi connectivity index (χ0v) is 9.51. The van der Waals surface area contributed by atoms with Crippen LogP contribution in [0, 0.1) is 11.3 Å². The van der Waals surface area contributed by atoms with Gasteiger partial charge in [-0.05, 0) is 17.7 Å². The lowest BCUT2D eigenvalue weighted by Gasteiger charge is -2.03. The molecule has 0 aliphatic rings. The second-order valence-corrected chi connectivity index (χ2v) is 3.62. The van der Waals surface area contributed by atoms with Gasteiger partial charge in [0.1, 0.15) is 11.9 Å². The number of aromatic nitrogens is 2. The van der Waals surface area contributed by atoms with Gasteiger partial charge in [0.25, 0.3) is 0 Å². The number of nitriles is 1. The van der Waals surface area contributed by atoms with Gasteiger partial charge < -0.3 is 5.32 Å². The van der Waals surface area contributed by atoms with Crippen molar-refractivity contribution in [1.82, 2.24) is 9.97 Å². The van der Waals surface area contributed by atoms with Gasteiger partial charge in [0.15, 0.2) is 0 Å². The van der Waals surface area contributed by atoms with Crippen molar-refractivity contribution in [3.05, 3.63) is 53.6 Å². The molecule has 0 fully saturated rings. The molecule has 1 N–H and O–H groups in total. The summed E-state index contributed by atoms with van der Waals surface area (Å²) in [5, 5.41) is 11.7. The molecule has 0 bridgehead atoms. The van der Waals surface area contributed by atoms with E-state index >= 15 is 0 Å². The zero-order chi connectivity index (χ0) is 12.1. The van der Waals surface area contributed by atoms with Crippen molar-refractivity contribution >= 4 is 5.69 Å². The van der Waals surface area contributed by atoms with Crippen LogP contribution in [0.25, 0.3) is 0 Å². The molecule has 1 aromatic carbocycles. The Morgan fingerprint density at radius 3 is 2.35 bits per heavy atom. The van der Waals surface area contributed by atoms with Crippen LogP contribution in [0.2, 0.25) is 0 Å². The van der Waals surface area contributed by atoms with Gasteiger partial charge in [-0.3, -0.25) is 0 Å². The van der Waals surface area contributed by atoms with E-state index < -0.39 is 0 Å². The third-order valence-electron chi connectivity index (χ3n) is 2.44. The molecule has 0 unspecified atom stereocenters. The highest BCUT2D eigenvalue weighted by molar-refractivity contribution is 5.44. The van der Waals surface area contributed by atoms with Crippen molar-refractivity contribution in [2.24, 2.45) is 0 Å². The largest absolute Gasteiger partial charge is 0.388 e. The fourth-order valence-corrected chi connectivity index (χ4v) is 1.48. The predicted molar refractivity (Wildman–Crippen MR) is 65.5 cm³/mol. The SMILES string of the molecule is CNc1ccc(Cc2ncc(C#N)cn2)cc1. The lowest BCUT2D eigenvalue weighted by molar-refractivity contribution is 0.963. The molecule has 2 rings (SSSR count). The number of hydrogen-bond acceptors (Lipinski definition) is 4. The van der Waals surface area contributed by atoms with Crippen molar-refractivity contribution in [3.63, 3.8) is 0 Å². The van der Waals surface area contributed by atoms with Gasteiger partial charge in [-0.25, -0.2) is 9.97 Å². The Bertz CT molecular complexity index is 523. The van der Waals surface area contributed by atoms with Crippen molar-refractivity contribution < 1.29 is 0 Å². The molecule has 84 valence electrons. The third kappa shape index (κ3) is 2.79. The molecule has 0 aliphatic carbocycles. The fourth-order valence-electron chi connectivity index (χ4n) is 1.48. The summed E-state index contributed by atoms with van der Waals surface area (Å²) in [7, 11) is 1.89. The molecule has 4 nitrogen and oxygen atoms in total. The van der Waals surface area contributed by atoms with Crippen molar-refractivity contribution in [2.75, 3.05) is 12.4 Å². The van der Waals surface area contributed by atoms with Gasteiger partial charge >= 0.3 is 0 Å². The summed E-state index contributed by atoms with van der Waals surface area (Å²) in [5.74, 6) is 0.723. The predicted octanol–water partition coefficient (Wildman–Crippen LogP) is 1.98. The van der Waals surface area contributed by atoms with E-state index in [1.165, 1.54) is 0 Å². The minimum Gasteiger partial charge on any atom is -0.388 e. The lowest BCUT2D eigenvalue weighted by Crippen LogP contribution is -1.97. The number of nitrogens with zero attached hydrogens (tertiary/aromatic N) is 3. The highest BCUT2D eigenvalue weighted by Crippen LogP contribution is 2.11. The van der Waals surface area contributed by atoms with Crippen LogP contribution in [0.5, 0.6) is 0 Å². The van der Waals surface area contributed by atoms with Gasteiger partial charge in [0.2, 0.25) is 0 Å². The molecule has 1 heterocycles. The maximum absolute atomic E-state index is 8.64. The fraction of sp³-hybridized carbons (Fsp3) is 0.154. The van der Waals surface area contributed by atoms with Crippen LogP contribution in [0.15, 0.2) is 36.7 Å². The second-order valence-electron chi connectivity index (χ2n) is 3.62. The first-order chi connectivity index (χ1) is 8.31. The standard InChI is InChI=1S/C13H12N4/c1-15-12-4-2-10(3-5-12)6-13-16-8-11(7-14)9-17-13/h2-5,8-9,15H,6H2,1H3. The van der Waals surface area contributed by atoms with Crippen LogP contribution in [-0.4, -0.2) is 17.0 Å². The number of hydrogen-bond donors (Lipinski definition) is 1. The topological polar surface area (TPSA) is 61.6 Å². The summed E-state index contributed by atoms with van der Waals surface area (Å²) in [6.45, 7) is 0. The van der Waals surface area contributed by atoms with E-state index in [1.54, 1.807) is 12.4 Å². The minimum absolute atomic E-state index is 0.485. The molecular formula is C13H12N4. The highest BCUT2D eigenvalue weighted by Gasteiger charge is 2.00. The van der Waals surface area contributed by atoms with E-state index in [-0.39, 0.29) is 0 Å². The average molecular weight is 224 g/mol. The average Bonchev–Trinajstić information content (AvgIpc) is 2.40. The number of anilines is 1. The lowest BCUT2D eigenvalue weighted by atomic mass is 10.1. The van der Waals surface area contributed by atoms with Crippen LogP contribution in [0.4, 0.5) is 5.69 Å².